The monoisotopic (exact) mass is 392 g/mol. The van der Waals surface area contributed by atoms with Crippen LogP contribution in [0.4, 0.5) is 5.69 Å². The van der Waals surface area contributed by atoms with Crippen LogP contribution in [0.2, 0.25) is 0 Å². The number of amides is 1. The summed E-state index contributed by atoms with van der Waals surface area (Å²) in [6, 6.07) is 18.2. The third kappa shape index (κ3) is 5.20. The quantitative estimate of drug-likeness (QED) is 0.345. The number of carbonyl (C=O) groups is 2. The molecule has 0 saturated carbocycles. The Morgan fingerprint density at radius 3 is 2.55 bits per heavy atom. The third-order valence-corrected chi connectivity index (χ3v) is 3.91. The number of hydrogen-bond acceptors (Lipinski definition) is 7. The molecule has 0 aliphatic rings. The Balaban J connectivity index is 1.54. The van der Waals surface area contributed by atoms with Crippen LogP contribution in [0.1, 0.15) is 0 Å². The largest absolute Gasteiger partial charge is 0.482 e. The summed E-state index contributed by atoms with van der Waals surface area (Å²) in [5, 5.41) is 9.64. The van der Waals surface area contributed by atoms with E-state index in [9.17, 15) is 14.4 Å². The van der Waals surface area contributed by atoms with E-state index < -0.39 is 30.7 Å². The summed E-state index contributed by atoms with van der Waals surface area (Å²) in [6.07, 6.45) is 0. The molecule has 0 aliphatic carbocycles. The van der Waals surface area contributed by atoms with E-state index in [2.05, 4.69) is 0 Å². The van der Waals surface area contributed by atoms with Crippen molar-refractivity contribution in [3.63, 3.8) is 0 Å². The highest BCUT2D eigenvalue weighted by atomic mass is 16.6. The minimum absolute atomic E-state index is 0.167. The van der Waals surface area contributed by atoms with Crippen molar-refractivity contribution in [3.8, 4) is 11.8 Å². The Labute approximate surface area is 165 Å². The van der Waals surface area contributed by atoms with Gasteiger partial charge >= 0.3 is 11.6 Å². The maximum atomic E-state index is 12.3. The van der Waals surface area contributed by atoms with Gasteiger partial charge in [-0.3, -0.25) is 9.69 Å². The molecule has 8 heteroatoms. The van der Waals surface area contributed by atoms with Gasteiger partial charge in [-0.1, -0.05) is 18.2 Å². The number of rotatable bonds is 7. The number of hydrogen-bond donors (Lipinski definition) is 0. The average molecular weight is 392 g/mol. The predicted molar refractivity (Wildman–Crippen MR) is 103 cm³/mol. The van der Waals surface area contributed by atoms with Gasteiger partial charge < -0.3 is 13.9 Å². The van der Waals surface area contributed by atoms with Crippen LogP contribution in [0.15, 0.2) is 69.9 Å². The Bertz CT molecular complexity index is 1120. The second-order valence-corrected chi connectivity index (χ2v) is 5.88. The summed E-state index contributed by atoms with van der Waals surface area (Å²) in [5.74, 6) is -0.970. The first-order chi connectivity index (χ1) is 14.1. The maximum Gasteiger partial charge on any atom is 0.344 e. The molecule has 0 fully saturated rings. The standard InChI is InChI=1S/C21H16N2O6/c22-10-11-23(16-4-2-1-3-5-16)19(24)13-28-21(26)14-27-17-8-6-15-7-9-20(25)29-18(15)12-17/h1-9,12H,11,13-14H2. The van der Waals surface area contributed by atoms with Crippen LogP contribution in [0.25, 0.3) is 11.0 Å². The lowest BCUT2D eigenvalue weighted by Crippen LogP contribution is -2.35. The molecular weight excluding hydrogens is 376 g/mol. The van der Waals surface area contributed by atoms with Crippen molar-refractivity contribution < 1.29 is 23.5 Å². The van der Waals surface area contributed by atoms with Gasteiger partial charge in [-0.25, -0.2) is 9.59 Å². The minimum Gasteiger partial charge on any atom is -0.482 e. The van der Waals surface area contributed by atoms with E-state index in [4.69, 9.17) is 19.2 Å². The number of nitriles is 1. The summed E-state index contributed by atoms with van der Waals surface area (Å²) >= 11 is 0. The molecular formula is C21H16N2O6. The number of fused-ring (bicyclic) bond motifs is 1. The smallest absolute Gasteiger partial charge is 0.344 e. The van der Waals surface area contributed by atoms with Crippen molar-refractivity contribution in [2.75, 3.05) is 24.7 Å². The fraction of sp³-hybridized carbons (Fsp3) is 0.143. The number of benzene rings is 2. The fourth-order valence-electron chi connectivity index (χ4n) is 2.54. The van der Waals surface area contributed by atoms with Crippen molar-refractivity contribution in [1.29, 1.82) is 5.26 Å². The van der Waals surface area contributed by atoms with Gasteiger partial charge in [-0.2, -0.15) is 5.26 Å². The van der Waals surface area contributed by atoms with E-state index in [1.54, 1.807) is 48.5 Å². The summed E-state index contributed by atoms with van der Waals surface area (Å²) in [6.45, 7) is -1.12. The molecule has 29 heavy (non-hydrogen) atoms. The molecule has 0 aliphatic heterocycles. The summed E-state index contributed by atoms with van der Waals surface area (Å²) < 4.78 is 15.3. The number of carbonyl (C=O) groups excluding carboxylic acids is 2. The molecule has 0 radical (unpaired) electrons. The fourth-order valence-corrected chi connectivity index (χ4v) is 2.54. The Morgan fingerprint density at radius 1 is 1.03 bits per heavy atom. The molecule has 1 amide bonds. The van der Waals surface area contributed by atoms with Crippen LogP contribution in [-0.4, -0.2) is 31.6 Å². The van der Waals surface area contributed by atoms with E-state index in [1.165, 1.54) is 17.0 Å². The Kier molecular flexibility index (Phi) is 6.22. The van der Waals surface area contributed by atoms with E-state index in [-0.39, 0.29) is 6.54 Å². The predicted octanol–water partition coefficient (Wildman–Crippen LogP) is 2.27. The van der Waals surface area contributed by atoms with Crippen molar-refractivity contribution in [3.05, 3.63) is 71.1 Å². The van der Waals surface area contributed by atoms with Crippen LogP contribution in [-0.2, 0) is 14.3 Å². The van der Waals surface area contributed by atoms with E-state index in [0.29, 0.717) is 22.4 Å². The van der Waals surface area contributed by atoms with Gasteiger partial charge in [-0.15, -0.1) is 0 Å². The highest BCUT2D eigenvalue weighted by Crippen LogP contribution is 2.19. The molecule has 8 nitrogen and oxygen atoms in total. The molecule has 0 unspecified atom stereocenters. The lowest BCUT2D eigenvalue weighted by atomic mass is 10.2. The second-order valence-electron chi connectivity index (χ2n) is 5.88. The van der Waals surface area contributed by atoms with Gasteiger partial charge in [0, 0.05) is 23.2 Å². The number of nitrogens with zero attached hydrogens (tertiary/aromatic N) is 2. The highest BCUT2D eigenvalue weighted by Gasteiger charge is 2.17. The molecule has 0 bridgehead atoms. The molecule has 2 aromatic carbocycles. The van der Waals surface area contributed by atoms with E-state index >= 15 is 0 Å². The molecule has 1 heterocycles. The first-order valence-electron chi connectivity index (χ1n) is 8.61. The van der Waals surface area contributed by atoms with Gasteiger partial charge in [0.25, 0.3) is 5.91 Å². The van der Waals surface area contributed by atoms with Crippen LogP contribution >= 0.6 is 0 Å². The van der Waals surface area contributed by atoms with Crippen molar-refractivity contribution in [1.82, 2.24) is 0 Å². The normalized spacial score (nSPS) is 10.2. The summed E-state index contributed by atoms with van der Waals surface area (Å²) in [5.41, 5.74) is 0.366. The summed E-state index contributed by atoms with van der Waals surface area (Å²) in [4.78, 5) is 36.7. The first kappa shape index (κ1) is 19.6. The molecule has 0 spiro atoms. The van der Waals surface area contributed by atoms with E-state index in [1.807, 2.05) is 6.07 Å². The molecule has 3 rings (SSSR count). The first-order valence-corrected chi connectivity index (χ1v) is 8.61. The average Bonchev–Trinajstić information content (AvgIpc) is 2.74. The number of esters is 1. The Morgan fingerprint density at radius 2 is 1.79 bits per heavy atom. The van der Waals surface area contributed by atoms with Crippen LogP contribution in [0.3, 0.4) is 0 Å². The van der Waals surface area contributed by atoms with Gasteiger partial charge in [0.1, 0.15) is 17.9 Å². The van der Waals surface area contributed by atoms with E-state index in [0.717, 1.165) is 0 Å². The number of para-hydroxylation sites is 1. The van der Waals surface area contributed by atoms with Crippen LogP contribution < -0.4 is 15.3 Å². The molecule has 0 N–H and O–H groups in total. The summed E-state index contributed by atoms with van der Waals surface area (Å²) in [7, 11) is 0. The van der Waals surface area contributed by atoms with Crippen LogP contribution in [0, 0.1) is 11.3 Å². The third-order valence-electron chi connectivity index (χ3n) is 3.91. The molecule has 146 valence electrons. The second kappa shape index (κ2) is 9.19. The number of anilines is 1. The number of ether oxygens (including phenoxy) is 2. The molecule has 3 aromatic rings. The molecule has 0 saturated heterocycles. The van der Waals surface area contributed by atoms with Gasteiger partial charge in [-0.05, 0) is 30.3 Å². The lowest BCUT2D eigenvalue weighted by Gasteiger charge is -2.19. The van der Waals surface area contributed by atoms with Gasteiger partial charge in [0.05, 0.1) is 6.07 Å². The maximum absolute atomic E-state index is 12.3. The highest BCUT2D eigenvalue weighted by molar-refractivity contribution is 5.95. The zero-order valence-corrected chi connectivity index (χ0v) is 15.2. The zero-order valence-electron chi connectivity index (χ0n) is 15.2. The van der Waals surface area contributed by atoms with Crippen molar-refractivity contribution >= 4 is 28.5 Å². The zero-order chi connectivity index (χ0) is 20.6. The molecule has 1 aromatic heterocycles. The van der Waals surface area contributed by atoms with Crippen LogP contribution in [0.5, 0.6) is 5.75 Å². The Hall–Kier alpha value is -4.12. The van der Waals surface area contributed by atoms with Gasteiger partial charge in [0.2, 0.25) is 0 Å². The SMILES string of the molecule is N#CCN(C(=O)COC(=O)COc1ccc2ccc(=O)oc2c1)c1ccccc1. The van der Waals surface area contributed by atoms with Crippen molar-refractivity contribution in [2.24, 2.45) is 0 Å². The topological polar surface area (TPSA) is 110 Å². The minimum atomic E-state index is -0.752. The van der Waals surface area contributed by atoms with Gasteiger partial charge in [0.15, 0.2) is 13.2 Å². The lowest BCUT2D eigenvalue weighted by molar-refractivity contribution is -0.149. The molecule has 0 atom stereocenters. The van der Waals surface area contributed by atoms with Crippen molar-refractivity contribution in [2.45, 2.75) is 0 Å².